The van der Waals surface area contributed by atoms with Gasteiger partial charge in [0.2, 0.25) is 0 Å². The molecule has 0 saturated heterocycles. The lowest BCUT2D eigenvalue weighted by molar-refractivity contribution is 0.646. The van der Waals surface area contributed by atoms with Gasteiger partial charge in [-0.2, -0.15) is 0 Å². The topological polar surface area (TPSA) is 0 Å². The summed E-state index contributed by atoms with van der Waals surface area (Å²) in [5, 5.41) is 0. The predicted molar refractivity (Wildman–Crippen MR) is 113 cm³/mol. The Kier molecular flexibility index (Phi) is 5.59. The molecule has 0 bridgehead atoms. The van der Waals surface area contributed by atoms with Crippen LogP contribution in [0.1, 0.15) is 37.5 Å². The molecule has 26 heavy (non-hydrogen) atoms. The summed E-state index contributed by atoms with van der Waals surface area (Å²) in [6.07, 6.45) is 7.82. The molecule has 0 aliphatic heterocycles. The minimum Gasteiger partial charge on any atom is -0.115 e. The zero-order chi connectivity index (χ0) is 18.5. The Bertz CT molecular complexity index is 921. The highest BCUT2D eigenvalue weighted by molar-refractivity contribution is 5.73. The van der Waals surface area contributed by atoms with E-state index >= 15 is 0 Å². The fourth-order valence-corrected chi connectivity index (χ4v) is 3.46. The molecule has 0 atom stereocenters. The number of hydrogen-bond donors (Lipinski definition) is 0. The highest BCUT2D eigenvalue weighted by Gasteiger charge is 2.07. The lowest BCUT2D eigenvalue weighted by Gasteiger charge is -2.12. The third-order valence-electron chi connectivity index (χ3n) is 4.82. The molecule has 0 aliphatic carbocycles. The summed E-state index contributed by atoms with van der Waals surface area (Å²) >= 11 is 0. The van der Waals surface area contributed by atoms with E-state index in [9.17, 15) is 0 Å². The van der Waals surface area contributed by atoms with Crippen molar-refractivity contribution in [2.24, 2.45) is 5.92 Å². The van der Waals surface area contributed by atoms with Gasteiger partial charge >= 0.3 is 0 Å². The van der Waals surface area contributed by atoms with Gasteiger partial charge in [0.15, 0.2) is 0 Å². The van der Waals surface area contributed by atoms with Crippen LogP contribution in [0.25, 0.3) is 22.3 Å². The van der Waals surface area contributed by atoms with E-state index in [1.807, 2.05) is 0 Å². The molecule has 130 valence electrons. The first-order valence-electron chi connectivity index (χ1n) is 9.40. The molecule has 0 spiro atoms. The molecule has 0 unspecified atom stereocenters. The number of terminal acetylenes is 1. The lowest BCUT2D eigenvalue weighted by atomic mass is 9.93. The second-order valence-electron chi connectivity index (χ2n) is 7.20. The highest BCUT2D eigenvalue weighted by Crippen LogP contribution is 2.29. The third kappa shape index (κ3) is 3.89. The van der Waals surface area contributed by atoms with Crippen molar-refractivity contribution in [1.29, 1.82) is 0 Å². The quantitative estimate of drug-likeness (QED) is 0.451. The van der Waals surface area contributed by atoms with Crippen molar-refractivity contribution in [1.82, 2.24) is 0 Å². The van der Waals surface area contributed by atoms with E-state index in [2.05, 4.69) is 93.4 Å². The monoisotopic (exact) mass is 338 g/mol. The first-order chi connectivity index (χ1) is 12.6. The Morgan fingerprint density at radius 2 is 1.46 bits per heavy atom. The maximum absolute atomic E-state index is 5.76. The maximum atomic E-state index is 5.76. The van der Waals surface area contributed by atoms with Crippen molar-refractivity contribution < 1.29 is 0 Å². The molecule has 0 fully saturated rings. The standard InChI is InChI=1S/C26H26/c1-5-20-9-7-8-10-26(20)23-13-11-22(12-14-23)25-16-15-24(17-19(3)4)21(6-2)18-25/h2,7-16,18-19H,5,17H2,1,3-4H3. The molecule has 0 heteroatoms. The molecule has 3 rings (SSSR count). The molecule has 0 aliphatic rings. The summed E-state index contributed by atoms with van der Waals surface area (Å²) in [5.41, 5.74) is 8.62. The van der Waals surface area contributed by atoms with E-state index < -0.39 is 0 Å². The van der Waals surface area contributed by atoms with Gasteiger partial charge in [0.05, 0.1) is 0 Å². The van der Waals surface area contributed by atoms with E-state index in [1.165, 1.54) is 33.4 Å². The van der Waals surface area contributed by atoms with Crippen molar-refractivity contribution in [2.75, 3.05) is 0 Å². The van der Waals surface area contributed by atoms with E-state index in [0.717, 1.165) is 18.4 Å². The van der Waals surface area contributed by atoms with Gasteiger partial charge in [-0.05, 0) is 58.2 Å². The maximum Gasteiger partial charge on any atom is 0.0280 e. The fourth-order valence-electron chi connectivity index (χ4n) is 3.46. The highest BCUT2D eigenvalue weighted by atomic mass is 14.1. The first kappa shape index (κ1) is 18.0. The van der Waals surface area contributed by atoms with Crippen molar-refractivity contribution in [3.05, 3.63) is 83.4 Å². The Labute approximate surface area is 157 Å². The van der Waals surface area contributed by atoms with Crippen molar-refractivity contribution in [3.8, 4) is 34.6 Å². The Morgan fingerprint density at radius 1 is 0.808 bits per heavy atom. The van der Waals surface area contributed by atoms with Crippen molar-refractivity contribution in [3.63, 3.8) is 0 Å². The van der Waals surface area contributed by atoms with Crippen LogP contribution in [-0.4, -0.2) is 0 Å². The number of rotatable bonds is 5. The molecule has 0 amide bonds. The molecule has 0 saturated carbocycles. The summed E-state index contributed by atoms with van der Waals surface area (Å²) < 4.78 is 0. The lowest BCUT2D eigenvalue weighted by Crippen LogP contribution is -1.97. The second kappa shape index (κ2) is 8.07. The molecule has 3 aromatic rings. The minimum absolute atomic E-state index is 0.603. The Hall–Kier alpha value is -2.78. The number of aryl methyl sites for hydroxylation is 1. The van der Waals surface area contributed by atoms with Crippen LogP contribution in [-0.2, 0) is 12.8 Å². The zero-order valence-corrected chi connectivity index (χ0v) is 15.9. The van der Waals surface area contributed by atoms with Crippen LogP contribution in [0.4, 0.5) is 0 Å². The largest absolute Gasteiger partial charge is 0.115 e. The molecule has 0 nitrogen and oxygen atoms in total. The summed E-state index contributed by atoms with van der Waals surface area (Å²) in [4.78, 5) is 0. The van der Waals surface area contributed by atoms with E-state index in [-0.39, 0.29) is 0 Å². The van der Waals surface area contributed by atoms with Gasteiger partial charge < -0.3 is 0 Å². The number of benzene rings is 3. The smallest absolute Gasteiger partial charge is 0.0280 e. The summed E-state index contributed by atoms with van der Waals surface area (Å²) in [6, 6.07) is 23.9. The van der Waals surface area contributed by atoms with Crippen molar-refractivity contribution >= 4 is 0 Å². The van der Waals surface area contributed by atoms with E-state index in [0.29, 0.717) is 5.92 Å². The SMILES string of the molecule is C#Cc1cc(-c2ccc(-c3ccccc3CC)cc2)ccc1CC(C)C. The molecule has 0 N–H and O–H groups in total. The van der Waals surface area contributed by atoms with Crippen LogP contribution in [0.2, 0.25) is 0 Å². The molecule has 3 aromatic carbocycles. The summed E-state index contributed by atoms with van der Waals surface area (Å²) in [6.45, 7) is 6.65. The van der Waals surface area contributed by atoms with E-state index in [1.54, 1.807) is 0 Å². The van der Waals surface area contributed by atoms with Gasteiger partial charge in [0, 0.05) is 5.56 Å². The average Bonchev–Trinajstić information content (AvgIpc) is 2.68. The summed E-state index contributed by atoms with van der Waals surface area (Å²) in [7, 11) is 0. The molecular weight excluding hydrogens is 312 g/mol. The molecule has 0 aromatic heterocycles. The van der Waals surface area contributed by atoms with Gasteiger partial charge in [-0.15, -0.1) is 6.42 Å². The first-order valence-corrected chi connectivity index (χ1v) is 9.40. The Balaban J connectivity index is 1.93. The van der Waals surface area contributed by atoms with Crippen LogP contribution in [0, 0.1) is 18.3 Å². The average molecular weight is 338 g/mol. The van der Waals surface area contributed by atoms with Gasteiger partial charge in [0.25, 0.3) is 0 Å². The minimum atomic E-state index is 0.603. The van der Waals surface area contributed by atoms with Gasteiger partial charge in [-0.1, -0.05) is 87.4 Å². The van der Waals surface area contributed by atoms with Crippen LogP contribution < -0.4 is 0 Å². The van der Waals surface area contributed by atoms with Gasteiger partial charge in [-0.25, -0.2) is 0 Å². The van der Waals surface area contributed by atoms with Crippen molar-refractivity contribution in [2.45, 2.75) is 33.6 Å². The predicted octanol–water partition coefficient (Wildman–Crippen LogP) is 6.76. The van der Waals surface area contributed by atoms with Crippen LogP contribution >= 0.6 is 0 Å². The van der Waals surface area contributed by atoms with E-state index in [4.69, 9.17) is 6.42 Å². The molecule has 0 heterocycles. The second-order valence-corrected chi connectivity index (χ2v) is 7.20. The zero-order valence-electron chi connectivity index (χ0n) is 15.9. The third-order valence-corrected chi connectivity index (χ3v) is 4.82. The summed E-state index contributed by atoms with van der Waals surface area (Å²) in [5.74, 6) is 3.47. The molecule has 0 radical (unpaired) electrons. The van der Waals surface area contributed by atoms with Gasteiger partial charge in [-0.3, -0.25) is 0 Å². The fraction of sp³-hybridized carbons (Fsp3) is 0.231. The van der Waals surface area contributed by atoms with Crippen LogP contribution in [0.5, 0.6) is 0 Å². The van der Waals surface area contributed by atoms with Crippen LogP contribution in [0.3, 0.4) is 0 Å². The van der Waals surface area contributed by atoms with Crippen LogP contribution in [0.15, 0.2) is 66.7 Å². The normalized spacial score (nSPS) is 10.7. The Morgan fingerprint density at radius 3 is 2.12 bits per heavy atom. The number of hydrogen-bond acceptors (Lipinski definition) is 0. The molecular formula is C26H26. The van der Waals surface area contributed by atoms with Gasteiger partial charge in [0.1, 0.15) is 0 Å².